The van der Waals surface area contributed by atoms with Crippen molar-refractivity contribution in [3.8, 4) is 0 Å². The van der Waals surface area contributed by atoms with Crippen LogP contribution < -0.4 is 10.9 Å². The number of nitrogens with one attached hydrogen (secondary N) is 1. The second kappa shape index (κ2) is 6.78. The number of aromatic nitrogens is 4. The van der Waals surface area contributed by atoms with Gasteiger partial charge in [-0.2, -0.15) is 0 Å². The molecule has 0 aliphatic heterocycles. The van der Waals surface area contributed by atoms with E-state index < -0.39 is 0 Å². The van der Waals surface area contributed by atoms with Crippen LogP contribution in [0, 0.1) is 12.8 Å². The number of amides is 1. The van der Waals surface area contributed by atoms with Gasteiger partial charge in [0.2, 0.25) is 11.0 Å². The van der Waals surface area contributed by atoms with Crippen molar-refractivity contribution in [2.45, 2.75) is 33.6 Å². The number of rotatable bonds is 5. The number of carbonyl (C=O) groups is 1. The maximum Gasteiger partial charge on any atom is 0.256 e. The Kier molecular flexibility index (Phi) is 5.02. The van der Waals surface area contributed by atoms with E-state index >= 15 is 0 Å². The van der Waals surface area contributed by atoms with Crippen LogP contribution in [0.5, 0.6) is 0 Å². The van der Waals surface area contributed by atoms with Gasteiger partial charge in [0.1, 0.15) is 5.01 Å². The number of hydrogen-bond acceptors (Lipinski definition) is 6. The molecule has 0 fully saturated rings. The minimum atomic E-state index is -0.254. The molecule has 0 radical (unpaired) electrons. The lowest BCUT2D eigenvalue weighted by molar-refractivity contribution is -0.115. The Morgan fingerprint density at radius 3 is 2.82 bits per heavy atom. The van der Waals surface area contributed by atoms with Crippen molar-refractivity contribution < 1.29 is 4.79 Å². The van der Waals surface area contributed by atoms with Crippen LogP contribution >= 0.6 is 11.3 Å². The standard InChI is InChI=1S/C14H19N5O2S/c1-8(2)5-12-17-18-14(22-12)16-11(20)6-10-9(3)13(21)19(4)7-15-10/h7-8H,5-6H2,1-4H3,(H,16,18,20). The summed E-state index contributed by atoms with van der Waals surface area (Å²) in [7, 11) is 1.63. The highest BCUT2D eigenvalue weighted by atomic mass is 32.1. The summed E-state index contributed by atoms with van der Waals surface area (Å²) in [5, 5.41) is 12.1. The van der Waals surface area contributed by atoms with Crippen LogP contribution in [0.15, 0.2) is 11.1 Å². The Labute approximate surface area is 132 Å². The fourth-order valence-electron chi connectivity index (χ4n) is 1.92. The molecule has 0 saturated carbocycles. The van der Waals surface area contributed by atoms with E-state index in [1.807, 2.05) is 0 Å². The average Bonchev–Trinajstić information content (AvgIpc) is 2.85. The highest BCUT2D eigenvalue weighted by Crippen LogP contribution is 2.18. The van der Waals surface area contributed by atoms with Gasteiger partial charge in [-0.3, -0.25) is 9.59 Å². The molecule has 0 aliphatic rings. The molecule has 2 rings (SSSR count). The highest BCUT2D eigenvalue weighted by molar-refractivity contribution is 7.15. The zero-order chi connectivity index (χ0) is 16.3. The largest absolute Gasteiger partial charge is 0.302 e. The third-order valence-corrected chi connectivity index (χ3v) is 3.95. The van der Waals surface area contributed by atoms with E-state index in [1.165, 1.54) is 22.2 Å². The predicted octanol–water partition coefficient (Wildman–Crippen LogP) is 1.32. The molecule has 2 heterocycles. The topological polar surface area (TPSA) is 89.8 Å². The van der Waals surface area contributed by atoms with Crippen LogP contribution in [0.2, 0.25) is 0 Å². The summed E-state index contributed by atoms with van der Waals surface area (Å²) in [5.74, 6) is 0.236. The van der Waals surface area contributed by atoms with Crippen molar-refractivity contribution in [1.82, 2.24) is 19.7 Å². The Hall–Kier alpha value is -2.09. The Bertz CT molecular complexity index is 735. The summed E-state index contributed by atoms with van der Waals surface area (Å²) < 4.78 is 1.39. The molecule has 1 N–H and O–H groups in total. The maximum absolute atomic E-state index is 12.0. The number of anilines is 1. The molecular weight excluding hydrogens is 302 g/mol. The first kappa shape index (κ1) is 16.3. The average molecular weight is 321 g/mol. The van der Waals surface area contributed by atoms with E-state index in [0.717, 1.165) is 11.4 Å². The summed E-state index contributed by atoms with van der Waals surface area (Å²) >= 11 is 1.37. The number of carbonyl (C=O) groups excluding carboxylic acids is 1. The number of hydrogen-bond donors (Lipinski definition) is 1. The van der Waals surface area contributed by atoms with Crippen LogP contribution in [-0.2, 0) is 24.7 Å². The van der Waals surface area contributed by atoms with Gasteiger partial charge in [-0.25, -0.2) is 4.98 Å². The molecule has 1 amide bonds. The number of aryl methyl sites for hydroxylation is 1. The third-order valence-electron chi connectivity index (χ3n) is 3.08. The fourth-order valence-corrected chi connectivity index (χ4v) is 2.89. The third kappa shape index (κ3) is 3.97. The van der Waals surface area contributed by atoms with Gasteiger partial charge in [-0.15, -0.1) is 10.2 Å². The van der Waals surface area contributed by atoms with Crippen LogP contribution in [0.3, 0.4) is 0 Å². The normalized spacial score (nSPS) is 11.0. The smallest absolute Gasteiger partial charge is 0.256 e. The SMILES string of the molecule is Cc1c(CC(=O)Nc2nnc(CC(C)C)s2)ncn(C)c1=O. The molecule has 8 heteroatoms. The van der Waals surface area contributed by atoms with Gasteiger partial charge < -0.3 is 9.88 Å². The van der Waals surface area contributed by atoms with E-state index in [-0.39, 0.29) is 17.9 Å². The van der Waals surface area contributed by atoms with E-state index in [9.17, 15) is 9.59 Å². The van der Waals surface area contributed by atoms with Crippen molar-refractivity contribution in [3.05, 3.63) is 32.9 Å². The molecule has 0 aromatic carbocycles. The van der Waals surface area contributed by atoms with Crippen LogP contribution in [-0.4, -0.2) is 25.7 Å². The summed E-state index contributed by atoms with van der Waals surface area (Å²) in [6.07, 6.45) is 2.30. The van der Waals surface area contributed by atoms with Crippen LogP contribution in [0.1, 0.15) is 30.1 Å². The van der Waals surface area contributed by atoms with Crippen molar-refractivity contribution in [3.63, 3.8) is 0 Å². The van der Waals surface area contributed by atoms with Gasteiger partial charge in [0, 0.05) is 19.0 Å². The quantitative estimate of drug-likeness (QED) is 0.897. The lowest BCUT2D eigenvalue weighted by Crippen LogP contribution is -2.24. The molecule has 0 atom stereocenters. The molecule has 7 nitrogen and oxygen atoms in total. The Balaban J connectivity index is 2.03. The van der Waals surface area contributed by atoms with E-state index in [2.05, 4.69) is 34.3 Å². The van der Waals surface area contributed by atoms with Gasteiger partial charge in [-0.05, 0) is 12.8 Å². The molecule has 0 aliphatic carbocycles. The van der Waals surface area contributed by atoms with Crippen molar-refractivity contribution in [2.24, 2.45) is 13.0 Å². The van der Waals surface area contributed by atoms with E-state index in [1.54, 1.807) is 14.0 Å². The van der Waals surface area contributed by atoms with Crippen molar-refractivity contribution in [2.75, 3.05) is 5.32 Å². The molecule has 0 bridgehead atoms. The zero-order valence-electron chi connectivity index (χ0n) is 13.1. The first-order valence-corrected chi connectivity index (χ1v) is 7.81. The van der Waals surface area contributed by atoms with Crippen molar-refractivity contribution in [1.29, 1.82) is 0 Å². The van der Waals surface area contributed by atoms with Gasteiger partial charge in [0.25, 0.3) is 5.56 Å². The first-order valence-electron chi connectivity index (χ1n) is 7.00. The molecular formula is C14H19N5O2S. The first-order chi connectivity index (χ1) is 10.4. The monoisotopic (exact) mass is 321 g/mol. The fraction of sp³-hybridized carbons (Fsp3) is 0.500. The lowest BCUT2D eigenvalue weighted by Gasteiger charge is -2.05. The summed E-state index contributed by atoms with van der Waals surface area (Å²) in [6.45, 7) is 5.87. The summed E-state index contributed by atoms with van der Waals surface area (Å²) in [5.41, 5.74) is 0.818. The van der Waals surface area contributed by atoms with Gasteiger partial charge >= 0.3 is 0 Å². The van der Waals surface area contributed by atoms with Gasteiger partial charge in [0.15, 0.2) is 0 Å². The van der Waals surface area contributed by atoms with Crippen molar-refractivity contribution >= 4 is 22.4 Å². The molecule has 0 saturated heterocycles. The van der Waals surface area contributed by atoms with Gasteiger partial charge in [-0.1, -0.05) is 25.2 Å². The van der Waals surface area contributed by atoms with Crippen LogP contribution in [0.25, 0.3) is 0 Å². The second-order valence-corrected chi connectivity index (χ2v) is 6.62. The van der Waals surface area contributed by atoms with E-state index in [0.29, 0.717) is 22.3 Å². The molecule has 2 aromatic rings. The second-order valence-electron chi connectivity index (χ2n) is 5.56. The summed E-state index contributed by atoms with van der Waals surface area (Å²) in [6, 6.07) is 0. The molecule has 2 aromatic heterocycles. The minimum absolute atomic E-state index is 0.0427. The predicted molar refractivity (Wildman–Crippen MR) is 85.0 cm³/mol. The highest BCUT2D eigenvalue weighted by Gasteiger charge is 2.13. The maximum atomic E-state index is 12.0. The Morgan fingerprint density at radius 2 is 2.14 bits per heavy atom. The van der Waals surface area contributed by atoms with Crippen LogP contribution in [0.4, 0.5) is 5.13 Å². The number of nitrogens with zero attached hydrogens (tertiary/aromatic N) is 4. The van der Waals surface area contributed by atoms with E-state index in [4.69, 9.17) is 0 Å². The minimum Gasteiger partial charge on any atom is -0.302 e. The zero-order valence-corrected chi connectivity index (χ0v) is 13.9. The molecule has 22 heavy (non-hydrogen) atoms. The Morgan fingerprint density at radius 1 is 1.41 bits per heavy atom. The molecule has 118 valence electrons. The molecule has 0 unspecified atom stereocenters. The lowest BCUT2D eigenvalue weighted by atomic mass is 10.1. The summed E-state index contributed by atoms with van der Waals surface area (Å²) in [4.78, 5) is 28.0. The van der Waals surface area contributed by atoms with Gasteiger partial charge in [0.05, 0.1) is 18.4 Å². The molecule has 0 spiro atoms.